The molecule has 150 valence electrons. The van der Waals surface area contributed by atoms with Gasteiger partial charge in [0, 0.05) is 0 Å². The molecule has 4 atom stereocenters. The number of ketones is 1. The second-order valence-corrected chi connectivity index (χ2v) is 7.75. The van der Waals surface area contributed by atoms with E-state index in [2.05, 4.69) is 0 Å². The first kappa shape index (κ1) is 18.1. The summed E-state index contributed by atoms with van der Waals surface area (Å²) >= 11 is 0. The van der Waals surface area contributed by atoms with Crippen LogP contribution < -0.4 is 0 Å². The van der Waals surface area contributed by atoms with Crippen LogP contribution in [-0.4, -0.2) is 28.9 Å². The molecular weight excluding hydrogens is 380 g/mol. The highest BCUT2D eigenvalue weighted by Gasteiger charge is 2.53. The average Bonchev–Trinajstić information content (AvgIpc) is 3.32. The number of halogens is 2. The summed E-state index contributed by atoms with van der Waals surface area (Å²) in [4.78, 5) is 28.1. The van der Waals surface area contributed by atoms with Gasteiger partial charge in [0.05, 0.1) is 30.3 Å². The minimum absolute atomic E-state index is 0.0365. The summed E-state index contributed by atoms with van der Waals surface area (Å²) in [6.07, 6.45) is 0.807. The highest BCUT2D eigenvalue weighted by Crippen LogP contribution is 2.47. The van der Waals surface area contributed by atoms with Crippen molar-refractivity contribution in [3.8, 4) is 0 Å². The van der Waals surface area contributed by atoms with Crippen molar-refractivity contribution >= 4 is 11.7 Å². The quantitative estimate of drug-likeness (QED) is 0.786. The first-order chi connectivity index (χ1) is 14.0. The van der Waals surface area contributed by atoms with Crippen LogP contribution in [0.25, 0.3) is 0 Å². The number of furan rings is 1. The summed E-state index contributed by atoms with van der Waals surface area (Å²) in [5.41, 5.74) is 0.836. The molecule has 1 saturated carbocycles. The highest BCUT2D eigenvalue weighted by molar-refractivity contribution is 6.11. The van der Waals surface area contributed by atoms with E-state index in [4.69, 9.17) is 9.15 Å². The molecule has 29 heavy (non-hydrogen) atoms. The summed E-state index contributed by atoms with van der Waals surface area (Å²) in [6, 6.07) is 8.41. The molecule has 3 heterocycles. The second-order valence-electron chi connectivity index (χ2n) is 7.75. The molecule has 0 bridgehead atoms. The highest BCUT2D eigenvalue weighted by atomic mass is 19.1. The van der Waals surface area contributed by atoms with Crippen LogP contribution in [0, 0.1) is 11.7 Å². The lowest BCUT2D eigenvalue weighted by Crippen LogP contribution is -2.42. The third kappa shape index (κ3) is 2.96. The maximum absolute atomic E-state index is 14.0. The standard InChI is InChI=1S/C22H19F2NO4/c23-13-5-3-12(4-6-13)19-18-20(26)16-10-14(24)7-8-17(16)29-21(18)22(27)25(19)11-15-2-1-9-28-15/h1-6,9,14,16-17,19H,7-8,10-11H2. The Morgan fingerprint density at radius 2 is 1.90 bits per heavy atom. The number of amides is 1. The number of carbonyl (C=O) groups is 2. The minimum Gasteiger partial charge on any atom is -0.483 e. The van der Waals surface area contributed by atoms with Gasteiger partial charge in [-0.3, -0.25) is 9.59 Å². The molecule has 1 amide bonds. The van der Waals surface area contributed by atoms with Crippen molar-refractivity contribution < 1.29 is 27.5 Å². The van der Waals surface area contributed by atoms with Crippen molar-refractivity contribution in [3.05, 3.63) is 71.1 Å². The Kier molecular flexibility index (Phi) is 4.26. The molecule has 1 aromatic heterocycles. The summed E-state index contributed by atoms with van der Waals surface area (Å²) in [7, 11) is 0. The number of hydrogen-bond acceptors (Lipinski definition) is 4. The van der Waals surface area contributed by atoms with Crippen molar-refractivity contribution in [1.82, 2.24) is 4.90 Å². The summed E-state index contributed by atoms with van der Waals surface area (Å²) in [5.74, 6) is -1.07. The largest absolute Gasteiger partial charge is 0.483 e. The second kappa shape index (κ2) is 6.83. The summed E-state index contributed by atoms with van der Waals surface area (Å²) in [6.45, 7) is 0.137. The fraction of sp³-hybridized carbons (Fsp3) is 0.364. The van der Waals surface area contributed by atoms with Crippen LogP contribution in [-0.2, 0) is 20.9 Å². The maximum Gasteiger partial charge on any atom is 0.290 e. The number of nitrogens with zero attached hydrogens (tertiary/aromatic N) is 1. The van der Waals surface area contributed by atoms with Gasteiger partial charge in [0.25, 0.3) is 5.91 Å². The molecule has 0 saturated heterocycles. The molecule has 1 aromatic carbocycles. The average molecular weight is 399 g/mol. The third-order valence-corrected chi connectivity index (χ3v) is 5.97. The molecule has 5 nitrogen and oxygen atoms in total. The first-order valence-electron chi connectivity index (χ1n) is 9.71. The molecule has 2 aliphatic heterocycles. The van der Waals surface area contributed by atoms with Crippen LogP contribution in [0.3, 0.4) is 0 Å². The van der Waals surface area contributed by atoms with E-state index in [-0.39, 0.29) is 30.1 Å². The molecule has 3 aliphatic rings. The zero-order valence-corrected chi connectivity index (χ0v) is 15.5. The van der Waals surface area contributed by atoms with Crippen LogP contribution in [0.4, 0.5) is 8.78 Å². The van der Waals surface area contributed by atoms with E-state index in [1.165, 1.54) is 23.3 Å². The Morgan fingerprint density at radius 1 is 1.10 bits per heavy atom. The Balaban J connectivity index is 1.58. The summed E-state index contributed by atoms with van der Waals surface area (Å²) in [5, 5.41) is 0. The Labute approximate surface area is 165 Å². The van der Waals surface area contributed by atoms with Gasteiger partial charge in [-0.15, -0.1) is 0 Å². The van der Waals surface area contributed by atoms with Crippen LogP contribution in [0.1, 0.15) is 36.6 Å². The summed E-state index contributed by atoms with van der Waals surface area (Å²) < 4.78 is 38.8. The van der Waals surface area contributed by atoms with Gasteiger partial charge >= 0.3 is 0 Å². The Morgan fingerprint density at radius 3 is 2.62 bits per heavy atom. The van der Waals surface area contributed by atoms with Crippen molar-refractivity contribution in [2.24, 2.45) is 5.92 Å². The van der Waals surface area contributed by atoms with Crippen molar-refractivity contribution in [3.63, 3.8) is 0 Å². The fourth-order valence-corrected chi connectivity index (χ4v) is 4.59. The van der Waals surface area contributed by atoms with Crippen LogP contribution in [0.5, 0.6) is 0 Å². The van der Waals surface area contributed by atoms with Gasteiger partial charge < -0.3 is 14.1 Å². The van der Waals surface area contributed by atoms with E-state index in [1.807, 2.05) is 0 Å². The number of benzene rings is 1. The first-order valence-corrected chi connectivity index (χ1v) is 9.71. The van der Waals surface area contributed by atoms with Crippen LogP contribution in [0.15, 0.2) is 58.4 Å². The smallest absolute Gasteiger partial charge is 0.290 e. The molecule has 1 fully saturated rings. The molecule has 4 unspecified atom stereocenters. The lowest BCUT2D eigenvalue weighted by atomic mass is 9.77. The number of rotatable bonds is 3. The molecule has 2 aromatic rings. The molecule has 0 spiro atoms. The predicted octanol–water partition coefficient (Wildman–Crippen LogP) is 3.86. The van der Waals surface area contributed by atoms with Gasteiger partial charge in [0.1, 0.15) is 23.9 Å². The van der Waals surface area contributed by atoms with E-state index in [9.17, 15) is 18.4 Å². The van der Waals surface area contributed by atoms with E-state index >= 15 is 0 Å². The number of fused-ring (bicyclic) bond motifs is 1. The van der Waals surface area contributed by atoms with Gasteiger partial charge in [-0.2, -0.15) is 0 Å². The number of hydrogen-bond donors (Lipinski definition) is 0. The van der Waals surface area contributed by atoms with E-state index in [1.54, 1.807) is 24.3 Å². The molecule has 0 N–H and O–H groups in total. The molecule has 1 aliphatic carbocycles. The van der Waals surface area contributed by atoms with Gasteiger partial charge in [0.2, 0.25) is 0 Å². The predicted molar refractivity (Wildman–Crippen MR) is 97.5 cm³/mol. The van der Waals surface area contributed by atoms with E-state index in [0.29, 0.717) is 24.2 Å². The minimum atomic E-state index is -1.05. The number of ether oxygens (including phenoxy) is 1. The van der Waals surface area contributed by atoms with Crippen LogP contribution in [0.2, 0.25) is 0 Å². The Bertz CT molecular complexity index is 983. The van der Waals surface area contributed by atoms with Gasteiger partial charge in [-0.1, -0.05) is 12.1 Å². The zero-order chi connectivity index (χ0) is 20.1. The lowest BCUT2D eigenvalue weighted by molar-refractivity contribution is -0.136. The van der Waals surface area contributed by atoms with Crippen LogP contribution >= 0.6 is 0 Å². The number of carbonyl (C=O) groups excluding carboxylic acids is 2. The monoisotopic (exact) mass is 399 g/mol. The van der Waals surface area contributed by atoms with Crippen molar-refractivity contribution in [2.45, 2.75) is 44.1 Å². The topological polar surface area (TPSA) is 59.8 Å². The van der Waals surface area contributed by atoms with Gasteiger partial charge in [0.15, 0.2) is 11.5 Å². The molecular formula is C22H19F2NO4. The lowest BCUT2D eigenvalue weighted by Gasteiger charge is -2.36. The van der Waals surface area contributed by atoms with Crippen molar-refractivity contribution in [2.75, 3.05) is 0 Å². The van der Waals surface area contributed by atoms with Crippen molar-refractivity contribution in [1.29, 1.82) is 0 Å². The SMILES string of the molecule is O=C1C2=C(OC3CCC(F)CC13)C(=O)N(Cc1ccco1)C2c1ccc(F)cc1. The van der Waals surface area contributed by atoms with Gasteiger partial charge in [-0.05, 0) is 49.1 Å². The maximum atomic E-state index is 14.0. The number of Topliss-reactive ketones (excluding diaryl/α,β-unsaturated/α-hetero) is 1. The number of alkyl halides is 1. The Hall–Kier alpha value is -2.96. The van der Waals surface area contributed by atoms with E-state index < -0.39 is 36.0 Å². The third-order valence-electron chi connectivity index (χ3n) is 5.97. The molecule has 0 radical (unpaired) electrons. The van der Waals surface area contributed by atoms with E-state index in [0.717, 1.165) is 0 Å². The zero-order valence-electron chi connectivity index (χ0n) is 15.5. The molecule has 5 rings (SSSR count). The molecule has 7 heteroatoms. The van der Waals surface area contributed by atoms with Gasteiger partial charge in [-0.25, -0.2) is 8.78 Å². The fourth-order valence-electron chi connectivity index (χ4n) is 4.59. The normalized spacial score (nSPS) is 29.0.